The number of rotatable bonds is 7. The van der Waals surface area contributed by atoms with Crippen molar-refractivity contribution in [2.45, 2.75) is 43.1 Å². The van der Waals surface area contributed by atoms with Gasteiger partial charge in [0, 0.05) is 18.0 Å². The summed E-state index contributed by atoms with van der Waals surface area (Å²) in [5, 5.41) is 11.3. The molecule has 3 aromatic rings. The molecule has 1 fully saturated rings. The molecule has 33 heavy (non-hydrogen) atoms. The minimum absolute atomic E-state index is 0.00509. The maximum Gasteiger partial charge on any atom is 0.347 e. The zero-order valence-electron chi connectivity index (χ0n) is 18.6. The first-order valence-corrected chi connectivity index (χ1v) is 13.2. The minimum atomic E-state index is -3.64. The standard InChI is InChI=1S/C25H27NO5S2/c1-25(2,24(27)28)31-21-10-3-7-18(15-21)20-9-5-13-26(17-20)33(29,30)22-11-4-8-19(16-22)23-12-6-14-32-23/h3-4,6-8,10-12,14-16,20H,5,9,13,17H2,1-2H3,(H,27,28). The first-order chi connectivity index (χ1) is 15.7. The predicted octanol–water partition coefficient (Wildman–Crippen LogP) is 5.23. The fraction of sp³-hybridized carbons (Fsp3) is 0.320. The van der Waals surface area contributed by atoms with E-state index in [4.69, 9.17) is 4.74 Å². The van der Waals surface area contributed by atoms with E-state index in [0.29, 0.717) is 23.7 Å². The van der Waals surface area contributed by atoms with Crippen molar-refractivity contribution in [3.05, 3.63) is 71.6 Å². The number of ether oxygens (including phenoxy) is 1. The minimum Gasteiger partial charge on any atom is -0.478 e. The summed E-state index contributed by atoms with van der Waals surface area (Å²) in [6.45, 7) is 3.85. The van der Waals surface area contributed by atoms with Crippen LogP contribution >= 0.6 is 11.3 Å². The molecule has 6 nitrogen and oxygen atoms in total. The number of carbonyl (C=O) groups is 1. The van der Waals surface area contributed by atoms with Gasteiger partial charge in [0.05, 0.1) is 4.90 Å². The molecule has 2 heterocycles. The van der Waals surface area contributed by atoms with Gasteiger partial charge in [-0.25, -0.2) is 13.2 Å². The SMILES string of the molecule is CC(C)(Oc1cccc(C2CCCN(S(=O)(=O)c3cccc(-c4cccs4)c3)C2)c1)C(=O)O. The van der Waals surface area contributed by atoms with Crippen LogP contribution in [0.2, 0.25) is 0 Å². The van der Waals surface area contributed by atoms with Gasteiger partial charge in [-0.15, -0.1) is 11.3 Å². The molecular weight excluding hydrogens is 458 g/mol. The van der Waals surface area contributed by atoms with Gasteiger partial charge in [0.25, 0.3) is 0 Å². The Bertz CT molecular complexity index is 1240. The largest absolute Gasteiger partial charge is 0.478 e. The molecule has 1 aliphatic heterocycles. The third-order valence-corrected chi connectivity index (χ3v) is 8.66. The number of thiophene rings is 1. The van der Waals surface area contributed by atoms with Gasteiger partial charge in [-0.1, -0.05) is 30.3 Å². The zero-order valence-corrected chi connectivity index (χ0v) is 20.2. The highest BCUT2D eigenvalue weighted by Gasteiger charge is 2.32. The molecule has 4 rings (SSSR count). The molecule has 174 valence electrons. The Balaban J connectivity index is 1.55. The van der Waals surface area contributed by atoms with Crippen LogP contribution in [0.5, 0.6) is 5.75 Å². The normalized spacial score (nSPS) is 17.6. The summed E-state index contributed by atoms with van der Waals surface area (Å²) in [6.07, 6.45) is 1.60. The Morgan fingerprint density at radius 2 is 1.91 bits per heavy atom. The molecular formula is C25H27NO5S2. The second-order valence-electron chi connectivity index (χ2n) is 8.70. The van der Waals surface area contributed by atoms with Gasteiger partial charge in [-0.05, 0) is 79.4 Å². The van der Waals surface area contributed by atoms with Gasteiger partial charge in [0.1, 0.15) is 5.75 Å². The predicted molar refractivity (Wildman–Crippen MR) is 129 cm³/mol. The van der Waals surface area contributed by atoms with E-state index in [-0.39, 0.29) is 5.92 Å². The van der Waals surface area contributed by atoms with Crippen LogP contribution < -0.4 is 4.74 Å². The lowest BCUT2D eigenvalue weighted by Crippen LogP contribution is -2.39. The molecule has 0 saturated carbocycles. The van der Waals surface area contributed by atoms with Crippen molar-refractivity contribution in [2.75, 3.05) is 13.1 Å². The second-order valence-corrected chi connectivity index (χ2v) is 11.6. The van der Waals surface area contributed by atoms with Crippen LogP contribution in [-0.2, 0) is 14.8 Å². The van der Waals surface area contributed by atoms with Gasteiger partial charge in [0.15, 0.2) is 5.60 Å². The van der Waals surface area contributed by atoms with Gasteiger partial charge < -0.3 is 9.84 Å². The van der Waals surface area contributed by atoms with Gasteiger partial charge in [0.2, 0.25) is 10.0 Å². The van der Waals surface area contributed by atoms with Crippen molar-refractivity contribution < 1.29 is 23.1 Å². The molecule has 0 amide bonds. The van der Waals surface area contributed by atoms with Crippen molar-refractivity contribution in [3.8, 4) is 16.2 Å². The molecule has 0 radical (unpaired) electrons. The lowest BCUT2D eigenvalue weighted by atomic mass is 9.91. The molecule has 8 heteroatoms. The summed E-state index contributed by atoms with van der Waals surface area (Å²) in [7, 11) is -3.64. The molecule has 0 aliphatic carbocycles. The molecule has 2 aromatic carbocycles. The second kappa shape index (κ2) is 9.29. The van der Waals surface area contributed by atoms with Gasteiger partial charge in [-0.2, -0.15) is 4.31 Å². The summed E-state index contributed by atoms with van der Waals surface area (Å²) in [4.78, 5) is 12.7. The van der Waals surface area contributed by atoms with E-state index >= 15 is 0 Å². The maximum absolute atomic E-state index is 13.5. The monoisotopic (exact) mass is 485 g/mol. The van der Waals surface area contributed by atoms with Crippen LogP contribution in [0.3, 0.4) is 0 Å². The summed E-state index contributed by atoms with van der Waals surface area (Å²) in [6, 6.07) is 18.3. The van der Waals surface area contributed by atoms with Crippen LogP contribution in [0.4, 0.5) is 0 Å². The van der Waals surface area contributed by atoms with E-state index in [1.165, 1.54) is 13.8 Å². The first-order valence-electron chi connectivity index (χ1n) is 10.8. The third-order valence-electron chi connectivity index (χ3n) is 5.88. The van der Waals surface area contributed by atoms with E-state index in [1.807, 2.05) is 41.8 Å². The van der Waals surface area contributed by atoms with Crippen LogP contribution in [0, 0.1) is 0 Å². The first kappa shape index (κ1) is 23.5. The van der Waals surface area contributed by atoms with E-state index in [1.54, 1.807) is 39.9 Å². The number of sulfonamides is 1. The number of aliphatic carboxylic acids is 1. The summed E-state index contributed by atoms with van der Waals surface area (Å²) < 4.78 is 34.1. The number of benzene rings is 2. The molecule has 0 spiro atoms. The molecule has 0 bridgehead atoms. The smallest absolute Gasteiger partial charge is 0.347 e. The number of piperidine rings is 1. The molecule has 1 unspecified atom stereocenters. The highest BCUT2D eigenvalue weighted by Crippen LogP contribution is 2.34. The lowest BCUT2D eigenvalue weighted by Gasteiger charge is -2.32. The van der Waals surface area contributed by atoms with Crippen LogP contribution in [0.15, 0.2) is 70.9 Å². The number of carboxylic acid groups (broad SMARTS) is 1. The van der Waals surface area contributed by atoms with Gasteiger partial charge >= 0.3 is 5.97 Å². The van der Waals surface area contributed by atoms with E-state index in [2.05, 4.69) is 0 Å². The molecule has 1 saturated heterocycles. The van der Waals surface area contributed by atoms with Crippen molar-refractivity contribution in [3.63, 3.8) is 0 Å². The Morgan fingerprint density at radius 1 is 1.12 bits per heavy atom. The maximum atomic E-state index is 13.5. The van der Waals surface area contributed by atoms with Crippen LogP contribution in [0.25, 0.3) is 10.4 Å². The molecule has 1 aromatic heterocycles. The average molecular weight is 486 g/mol. The van der Waals surface area contributed by atoms with Crippen LogP contribution in [-0.4, -0.2) is 42.5 Å². The van der Waals surface area contributed by atoms with E-state index in [0.717, 1.165) is 28.8 Å². The Labute approximate surface area is 198 Å². The molecule has 1 N–H and O–H groups in total. The Kier molecular flexibility index (Phi) is 6.61. The number of hydrogen-bond acceptors (Lipinski definition) is 5. The Morgan fingerprint density at radius 3 is 2.64 bits per heavy atom. The third kappa shape index (κ3) is 5.13. The lowest BCUT2D eigenvalue weighted by molar-refractivity contribution is -0.152. The van der Waals surface area contributed by atoms with Crippen molar-refractivity contribution in [1.82, 2.24) is 4.31 Å². The van der Waals surface area contributed by atoms with Crippen molar-refractivity contribution in [2.24, 2.45) is 0 Å². The quantitative estimate of drug-likeness (QED) is 0.496. The zero-order chi connectivity index (χ0) is 23.6. The molecule has 1 aliphatic rings. The average Bonchev–Trinajstić information content (AvgIpc) is 3.34. The summed E-state index contributed by atoms with van der Waals surface area (Å²) in [5.74, 6) is -0.582. The Hall–Kier alpha value is -2.68. The number of nitrogens with zero attached hydrogens (tertiary/aromatic N) is 1. The van der Waals surface area contributed by atoms with Crippen LogP contribution in [0.1, 0.15) is 38.2 Å². The van der Waals surface area contributed by atoms with E-state index < -0.39 is 21.6 Å². The highest BCUT2D eigenvalue weighted by molar-refractivity contribution is 7.89. The fourth-order valence-electron chi connectivity index (χ4n) is 4.00. The topological polar surface area (TPSA) is 83.9 Å². The number of carboxylic acids is 1. The molecule has 1 atom stereocenters. The van der Waals surface area contributed by atoms with Crippen molar-refractivity contribution >= 4 is 27.3 Å². The summed E-state index contributed by atoms with van der Waals surface area (Å²) in [5.41, 5.74) is 0.486. The fourth-order valence-corrected chi connectivity index (χ4v) is 6.30. The summed E-state index contributed by atoms with van der Waals surface area (Å²) >= 11 is 1.58. The van der Waals surface area contributed by atoms with Crippen molar-refractivity contribution in [1.29, 1.82) is 0 Å². The highest BCUT2D eigenvalue weighted by atomic mass is 32.2. The van der Waals surface area contributed by atoms with E-state index in [9.17, 15) is 18.3 Å². The number of hydrogen-bond donors (Lipinski definition) is 1. The van der Waals surface area contributed by atoms with Gasteiger partial charge in [-0.3, -0.25) is 0 Å².